The summed E-state index contributed by atoms with van der Waals surface area (Å²) >= 11 is 0. The molecule has 0 unspecified atom stereocenters. The molecule has 1 heteroatoms. The Hall–Kier alpha value is -0.460. The lowest BCUT2D eigenvalue weighted by molar-refractivity contribution is 0.239. The standard InChI is InChI=1S/C15H29N/c1-4-9-15(10-5-6-11-15)12-7-8-13(2)14(3)16/h4-12,16H2,1-3H3/b14-13-. The van der Waals surface area contributed by atoms with Crippen LogP contribution >= 0.6 is 0 Å². The van der Waals surface area contributed by atoms with Gasteiger partial charge in [-0.1, -0.05) is 31.8 Å². The highest BCUT2D eigenvalue weighted by Crippen LogP contribution is 2.46. The summed E-state index contributed by atoms with van der Waals surface area (Å²) in [4.78, 5) is 0. The van der Waals surface area contributed by atoms with E-state index in [1.54, 1.807) is 0 Å². The number of hydrogen-bond acceptors (Lipinski definition) is 1. The Morgan fingerprint density at radius 3 is 2.25 bits per heavy atom. The van der Waals surface area contributed by atoms with Crippen LogP contribution in [-0.2, 0) is 0 Å². The fourth-order valence-corrected chi connectivity index (χ4v) is 3.21. The van der Waals surface area contributed by atoms with Crippen LogP contribution in [0.15, 0.2) is 11.3 Å². The van der Waals surface area contributed by atoms with E-state index < -0.39 is 0 Å². The highest BCUT2D eigenvalue weighted by molar-refractivity contribution is 5.05. The van der Waals surface area contributed by atoms with Crippen molar-refractivity contribution in [2.24, 2.45) is 11.1 Å². The van der Waals surface area contributed by atoms with Crippen molar-refractivity contribution >= 4 is 0 Å². The summed E-state index contributed by atoms with van der Waals surface area (Å²) in [6, 6.07) is 0. The van der Waals surface area contributed by atoms with Gasteiger partial charge in [-0.25, -0.2) is 0 Å². The molecule has 0 saturated heterocycles. The third-order valence-corrected chi connectivity index (χ3v) is 4.38. The van der Waals surface area contributed by atoms with Crippen LogP contribution in [0, 0.1) is 5.41 Å². The number of nitrogens with two attached hydrogens (primary N) is 1. The van der Waals surface area contributed by atoms with Crippen LogP contribution in [-0.4, -0.2) is 0 Å². The van der Waals surface area contributed by atoms with Crippen LogP contribution in [0.2, 0.25) is 0 Å². The fraction of sp³-hybridized carbons (Fsp3) is 0.867. The number of hydrogen-bond donors (Lipinski definition) is 1. The second-order valence-corrected chi connectivity index (χ2v) is 5.77. The van der Waals surface area contributed by atoms with Gasteiger partial charge in [-0.2, -0.15) is 0 Å². The van der Waals surface area contributed by atoms with Crippen LogP contribution in [0.1, 0.15) is 78.6 Å². The van der Waals surface area contributed by atoms with Gasteiger partial charge in [-0.05, 0) is 57.8 Å². The first-order chi connectivity index (χ1) is 7.59. The Bertz CT molecular complexity index is 230. The first-order valence-corrected chi connectivity index (χ1v) is 7.01. The van der Waals surface area contributed by atoms with Crippen molar-refractivity contribution in [3.05, 3.63) is 11.3 Å². The second kappa shape index (κ2) is 6.32. The minimum Gasteiger partial charge on any atom is -0.402 e. The average molecular weight is 223 g/mol. The van der Waals surface area contributed by atoms with Crippen LogP contribution < -0.4 is 5.73 Å². The summed E-state index contributed by atoms with van der Waals surface area (Å²) in [5.74, 6) is 0. The second-order valence-electron chi connectivity index (χ2n) is 5.77. The topological polar surface area (TPSA) is 26.0 Å². The van der Waals surface area contributed by atoms with Crippen molar-refractivity contribution in [2.45, 2.75) is 78.6 Å². The van der Waals surface area contributed by atoms with Gasteiger partial charge < -0.3 is 5.73 Å². The predicted octanol–water partition coefficient (Wildman–Crippen LogP) is 4.77. The molecule has 0 radical (unpaired) electrons. The molecule has 0 heterocycles. The molecule has 0 atom stereocenters. The molecule has 0 aromatic heterocycles. The number of rotatable bonds is 6. The molecule has 1 fully saturated rings. The minimum absolute atomic E-state index is 0.706. The summed E-state index contributed by atoms with van der Waals surface area (Å²) in [5, 5.41) is 0. The maximum absolute atomic E-state index is 5.80. The van der Waals surface area contributed by atoms with Crippen molar-refractivity contribution in [2.75, 3.05) is 0 Å². The molecule has 94 valence electrons. The molecule has 0 aromatic rings. The molecule has 1 rings (SSSR count). The van der Waals surface area contributed by atoms with Gasteiger partial charge >= 0.3 is 0 Å². The highest BCUT2D eigenvalue weighted by atomic mass is 14.6. The summed E-state index contributed by atoms with van der Waals surface area (Å²) in [6.45, 7) is 6.53. The van der Waals surface area contributed by atoms with E-state index in [9.17, 15) is 0 Å². The van der Waals surface area contributed by atoms with Gasteiger partial charge in [0.1, 0.15) is 0 Å². The zero-order chi connectivity index (χ0) is 12.0. The van der Waals surface area contributed by atoms with E-state index in [0.717, 1.165) is 5.70 Å². The van der Waals surface area contributed by atoms with E-state index >= 15 is 0 Å². The van der Waals surface area contributed by atoms with Crippen molar-refractivity contribution < 1.29 is 0 Å². The molecule has 16 heavy (non-hydrogen) atoms. The Morgan fingerprint density at radius 2 is 1.75 bits per heavy atom. The molecule has 2 N–H and O–H groups in total. The summed E-state index contributed by atoms with van der Waals surface area (Å²) < 4.78 is 0. The molecule has 1 aliphatic rings. The van der Waals surface area contributed by atoms with Crippen LogP contribution in [0.25, 0.3) is 0 Å². The van der Waals surface area contributed by atoms with Gasteiger partial charge in [0.2, 0.25) is 0 Å². The first kappa shape index (κ1) is 13.6. The van der Waals surface area contributed by atoms with E-state index in [2.05, 4.69) is 13.8 Å². The lowest BCUT2D eigenvalue weighted by Gasteiger charge is -2.28. The highest BCUT2D eigenvalue weighted by Gasteiger charge is 2.31. The van der Waals surface area contributed by atoms with E-state index in [-0.39, 0.29) is 0 Å². The van der Waals surface area contributed by atoms with E-state index in [1.165, 1.54) is 63.4 Å². The van der Waals surface area contributed by atoms with Crippen molar-refractivity contribution in [3.63, 3.8) is 0 Å². The molecule has 0 bridgehead atoms. The van der Waals surface area contributed by atoms with Gasteiger partial charge in [0, 0.05) is 5.70 Å². The molecule has 0 aliphatic heterocycles. The van der Waals surface area contributed by atoms with Gasteiger partial charge in [0.25, 0.3) is 0 Å². The fourth-order valence-electron chi connectivity index (χ4n) is 3.21. The Labute approximate surface area is 101 Å². The summed E-state index contributed by atoms with van der Waals surface area (Å²) in [7, 11) is 0. The van der Waals surface area contributed by atoms with E-state index in [4.69, 9.17) is 5.73 Å². The van der Waals surface area contributed by atoms with Gasteiger partial charge in [-0.15, -0.1) is 0 Å². The quantitative estimate of drug-likeness (QED) is 0.689. The lowest BCUT2D eigenvalue weighted by atomic mass is 9.77. The Morgan fingerprint density at radius 1 is 1.12 bits per heavy atom. The molecular formula is C15H29N. The van der Waals surface area contributed by atoms with Crippen LogP contribution in [0.5, 0.6) is 0 Å². The average Bonchev–Trinajstić information content (AvgIpc) is 2.67. The maximum atomic E-state index is 5.80. The van der Waals surface area contributed by atoms with Crippen LogP contribution in [0.3, 0.4) is 0 Å². The lowest BCUT2D eigenvalue weighted by Crippen LogP contribution is -2.16. The minimum atomic E-state index is 0.706. The zero-order valence-corrected chi connectivity index (χ0v) is 11.4. The van der Waals surface area contributed by atoms with Gasteiger partial charge in [0.15, 0.2) is 0 Å². The largest absolute Gasteiger partial charge is 0.402 e. The summed E-state index contributed by atoms with van der Waals surface area (Å²) in [6.07, 6.45) is 12.6. The molecule has 0 aromatic carbocycles. The van der Waals surface area contributed by atoms with Crippen LogP contribution in [0.4, 0.5) is 0 Å². The Balaban J connectivity index is 2.36. The SMILES string of the molecule is CCCC1(CCC/C(C)=C(/C)N)CCCC1. The molecule has 0 amide bonds. The summed E-state index contributed by atoms with van der Waals surface area (Å²) in [5.41, 5.74) is 8.92. The molecule has 1 saturated carbocycles. The molecular weight excluding hydrogens is 194 g/mol. The molecule has 1 nitrogen and oxygen atoms in total. The van der Waals surface area contributed by atoms with Crippen molar-refractivity contribution in [1.29, 1.82) is 0 Å². The van der Waals surface area contributed by atoms with Crippen molar-refractivity contribution in [1.82, 2.24) is 0 Å². The Kier molecular flexibility index (Phi) is 5.37. The van der Waals surface area contributed by atoms with Gasteiger partial charge in [0.05, 0.1) is 0 Å². The third kappa shape index (κ3) is 3.84. The van der Waals surface area contributed by atoms with Crippen molar-refractivity contribution in [3.8, 4) is 0 Å². The smallest absolute Gasteiger partial charge is 0.00379 e. The van der Waals surface area contributed by atoms with E-state index in [0.29, 0.717) is 5.41 Å². The monoisotopic (exact) mass is 223 g/mol. The molecule has 1 aliphatic carbocycles. The van der Waals surface area contributed by atoms with Gasteiger partial charge in [-0.3, -0.25) is 0 Å². The normalized spacial score (nSPS) is 20.9. The molecule has 0 spiro atoms. The predicted molar refractivity (Wildman–Crippen MR) is 72.2 cm³/mol. The third-order valence-electron chi connectivity index (χ3n) is 4.38. The van der Waals surface area contributed by atoms with E-state index in [1.807, 2.05) is 6.92 Å². The number of allylic oxidation sites excluding steroid dienone is 2. The first-order valence-electron chi connectivity index (χ1n) is 7.01. The zero-order valence-electron chi connectivity index (χ0n) is 11.4. The maximum Gasteiger partial charge on any atom is 0.00379 e.